The van der Waals surface area contributed by atoms with Crippen LogP contribution in [-0.4, -0.2) is 95.0 Å². The maximum absolute atomic E-state index is 12.9. The molecular formula is C26H43N9O5S. The predicted octanol–water partition coefficient (Wildman–Crippen LogP) is 0.542. The van der Waals surface area contributed by atoms with E-state index in [9.17, 15) is 22.8 Å². The second-order valence-electron chi connectivity index (χ2n) is 10.8. The molecule has 14 nitrogen and oxygen atoms in total. The number of unbranched alkanes of at least 4 members (excludes halogenated alkanes) is 3. The van der Waals surface area contributed by atoms with E-state index in [4.69, 9.17) is 5.73 Å². The van der Waals surface area contributed by atoms with E-state index in [0.29, 0.717) is 30.6 Å². The van der Waals surface area contributed by atoms with Gasteiger partial charge >= 0.3 is 0 Å². The van der Waals surface area contributed by atoms with Crippen molar-refractivity contribution in [2.45, 2.75) is 82.6 Å². The van der Waals surface area contributed by atoms with Gasteiger partial charge in [0.1, 0.15) is 17.8 Å². The van der Waals surface area contributed by atoms with Gasteiger partial charge in [-0.3, -0.25) is 19.1 Å². The summed E-state index contributed by atoms with van der Waals surface area (Å²) in [5.74, 6) is -1.41. The lowest BCUT2D eigenvalue weighted by Crippen LogP contribution is -2.54. The molecule has 0 radical (unpaired) electrons. The molecule has 0 saturated heterocycles. The normalized spacial score (nSPS) is 13.2. The Hall–Kier alpha value is -3.46. The molecule has 0 fully saturated rings. The van der Waals surface area contributed by atoms with Gasteiger partial charge in [-0.15, -0.1) is 5.10 Å². The van der Waals surface area contributed by atoms with Gasteiger partial charge in [0.15, 0.2) is 0 Å². The Labute approximate surface area is 241 Å². The zero-order valence-electron chi connectivity index (χ0n) is 24.5. The highest BCUT2D eigenvalue weighted by Crippen LogP contribution is 2.15. The predicted molar refractivity (Wildman–Crippen MR) is 153 cm³/mol. The number of carbonyl (C=O) groups excluding carboxylic acids is 3. The molecule has 0 aliphatic rings. The van der Waals surface area contributed by atoms with Crippen LogP contribution in [0.2, 0.25) is 0 Å². The molecule has 2 aromatic heterocycles. The molecule has 0 aromatic carbocycles. The average Bonchev–Trinajstić information content (AvgIpc) is 3.36. The Bertz CT molecular complexity index is 1250. The number of amides is 3. The van der Waals surface area contributed by atoms with Crippen molar-refractivity contribution < 1.29 is 22.8 Å². The molecule has 0 saturated carbocycles. The molecule has 0 unspecified atom stereocenters. The van der Waals surface area contributed by atoms with E-state index in [-0.39, 0.29) is 23.4 Å². The van der Waals surface area contributed by atoms with Crippen LogP contribution in [0.15, 0.2) is 23.7 Å². The summed E-state index contributed by atoms with van der Waals surface area (Å²) >= 11 is 0. The Morgan fingerprint density at radius 1 is 1.02 bits per heavy atom. The number of nitrogens with zero attached hydrogens (tertiary/aromatic N) is 6. The van der Waals surface area contributed by atoms with Crippen LogP contribution >= 0.6 is 0 Å². The van der Waals surface area contributed by atoms with E-state index in [2.05, 4.69) is 35.8 Å². The van der Waals surface area contributed by atoms with E-state index in [1.165, 1.54) is 12.4 Å². The van der Waals surface area contributed by atoms with Gasteiger partial charge in [0, 0.05) is 37.2 Å². The van der Waals surface area contributed by atoms with E-state index in [1.54, 1.807) is 10.9 Å². The van der Waals surface area contributed by atoms with Crippen LogP contribution in [0, 0.1) is 5.92 Å². The largest absolute Gasteiger partial charge is 0.368 e. The number of carbonyl (C=O) groups is 3. The van der Waals surface area contributed by atoms with Crippen molar-refractivity contribution in [2.24, 2.45) is 11.7 Å². The first-order valence-electron chi connectivity index (χ1n) is 13.7. The summed E-state index contributed by atoms with van der Waals surface area (Å²) in [7, 11) is 0.463. The number of nitrogens with one attached hydrogen (secondary N) is 2. The third-order valence-corrected chi connectivity index (χ3v) is 7.23. The van der Waals surface area contributed by atoms with Crippen LogP contribution in [0.1, 0.15) is 58.8 Å². The summed E-state index contributed by atoms with van der Waals surface area (Å²) in [6, 6.07) is -1.55. The number of hydrogen-bond acceptors (Lipinski definition) is 10. The molecular weight excluding hydrogens is 550 g/mol. The number of primary amides is 1. The van der Waals surface area contributed by atoms with Crippen LogP contribution in [-0.2, 0) is 30.8 Å². The van der Waals surface area contributed by atoms with Crippen LogP contribution in [0.5, 0.6) is 0 Å². The first-order chi connectivity index (χ1) is 19.3. The Kier molecular flexibility index (Phi) is 13.3. The summed E-state index contributed by atoms with van der Waals surface area (Å²) in [6.07, 6.45) is 10.00. The maximum Gasteiger partial charge on any atom is 0.246 e. The van der Waals surface area contributed by atoms with Crippen LogP contribution < -0.4 is 16.4 Å². The van der Waals surface area contributed by atoms with Crippen molar-refractivity contribution in [1.82, 2.24) is 40.5 Å². The Morgan fingerprint density at radius 3 is 2.29 bits per heavy atom. The minimum atomic E-state index is -3.48. The van der Waals surface area contributed by atoms with Gasteiger partial charge in [0.25, 0.3) is 0 Å². The molecule has 0 aliphatic carbocycles. The smallest absolute Gasteiger partial charge is 0.246 e. The summed E-state index contributed by atoms with van der Waals surface area (Å²) in [5, 5.41) is 13.4. The highest BCUT2D eigenvalue weighted by molar-refractivity contribution is 7.90. The van der Waals surface area contributed by atoms with Gasteiger partial charge < -0.3 is 21.3 Å². The number of nitrogens with two attached hydrogens (primary N) is 1. The van der Waals surface area contributed by atoms with E-state index in [0.717, 1.165) is 38.5 Å². The molecule has 0 bridgehead atoms. The molecule has 0 aliphatic heterocycles. The fourth-order valence-corrected chi connectivity index (χ4v) is 4.51. The molecule has 4 N–H and O–H groups in total. The fourth-order valence-electron chi connectivity index (χ4n) is 4.02. The summed E-state index contributed by atoms with van der Waals surface area (Å²) in [4.78, 5) is 47.1. The summed E-state index contributed by atoms with van der Waals surface area (Å²) < 4.78 is 24.7. The van der Waals surface area contributed by atoms with Crippen LogP contribution in [0.3, 0.4) is 0 Å². The van der Waals surface area contributed by atoms with Crippen molar-refractivity contribution in [1.29, 1.82) is 0 Å². The monoisotopic (exact) mass is 593 g/mol. The fraction of sp³-hybridized carbons (Fsp3) is 0.654. The molecule has 2 atom stereocenters. The lowest BCUT2D eigenvalue weighted by Gasteiger charge is -2.24. The van der Waals surface area contributed by atoms with Crippen molar-refractivity contribution in [3.63, 3.8) is 0 Å². The molecule has 2 aromatic rings. The minimum absolute atomic E-state index is 0.171. The van der Waals surface area contributed by atoms with Gasteiger partial charge in [-0.1, -0.05) is 25.5 Å². The van der Waals surface area contributed by atoms with Crippen molar-refractivity contribution in [3.05, 3.63) is 18.6 Å². The Balaban J connectivity index is 1.76. The number of rotatable bonds is 18. The van der Waals surface area contributed by atoms with Gasteiger partial charge in [-0.25, -0.2) is 18.4 Å². The number of aryl methyl sites for hydroxylation is 1. The lowest BCUT2D eigenvalue weighted by atomic mass is 10.0. The third kappa shape index (κ3) is 11.9. The van der Waals surface area contributed by atoms with E-state index in [1.807, 2.05) is 27.9 Å². The van der Waals surface area contributed by atoms with Crippen LogP contribution in [0.4, 0.5) is 0 Å². The molecule has 15 heteroatoms. The number of aromatic nitrogens is 5. The van der Waals surface area contributed by atoms with Crippen molar-refractivity contribution >= 4 is 27.6 Å². The Morgan fingerprint density at radius 2 is 1.71 bits per heavy atom. The SMILES string of the molecule is CC(C)[C@H](NC(=O)CCCCCn1cc(-c2cnc(S(C)(=O)=O)nc2)nn1)C(=O)N[C@@H](CCCCN(C)C)C(N)=O. The van der Waals surface area contributed by atoms with E-state index >= 15 is 0 Å². The maximum atomic E-state index is 12.9. The van der Waals surface area contributed by atoms with Gasteiger partial charge in [0.2, 0.25) is 32.7 Å². The minimum Gasteiger partial charge on any atom is -0.368 e. The molecule has 0 spiro atoms. The molecule has 3 amide bonds. The zero-order chi connectivity index (χ0) is 30.6. The number of sulfone groups is 1. The number of hydrogen-bond donors (Lipinski definition) is 3. The van der Waals surface area contributed by atoms with E-state index < -0.39 is 33.7 Å². The first-order valence-corrected chi connectivity index (χ1v) is 15.6. The second-order valence-corrected chi connectivity index (χ2v) is 12.7. The van der Waals surface area contributed by atoms with Gasteiger partial charge in [0.05, 0.1) is 6.20 Å². The molecule has 228 valence electrons. The van der Waals surface area contributed by atoms with Crippen molar-refractivity contribution in [2.75, 3.05) is 26.9 Å². The zero-order valence-corrected chi connectivity index (χ0v) is 25.4. The first kappa shape index (κ1) is 33.7. The molecule has 41 heavy (non-hydrogen) atoms. The summed E-state index contributed by atoms with van der Waals surface area (Å²) in [5.41, 5.74) is 6.58. The van der Waals surface area contributed by atoms with Gasteiger partial charge in [-0.05, 0) is 58.7 Å². The van der Waals surface area contributed by atoms with Crippen LogP contribution in [0.25, 0.3) is 11.3 Å². The quantitative estimate of drug-likeness (QED) is 0.162. The second kappa shape index (κ2) is 16.1. The van der Waals surface area contributed by atoms with Gasteiger partial charge in [-0.2, -0.15) is 0 Å². The topological polar surface area (TPSA) is 195 Å². The molecule has 2 heterocycles. The summed E-state index contributed by atoms with van der Waals surface area (Å²) in [6.45, 7) is 5.12. The average molecular weight is 594 g/mol. The highest BCUT2D eigenvalue weighted by Gasteiger charge is 2.27. The molecule has 2 rings (SSSR count). The lowest BCUT2D eigenvalue weighted by molar-refractivity contribution is -0.132. The standard InChI is InChI=1S/C26H43N9O5S/c1-18(2)23(25(38)30-20(24(27)37)11-8-10-13-34(3)4)31-22(36)12-7-6-9-14-35-17-21(32-33-35)19-15-28-26(29-16-19)41(5,39)40/h15-18,20,23H,6-14H2,1-5H3,(H2,27,37)(H,30,38)(H,31,36)/t20-,23-/m0/s1. The highest BCUT2D eigenvalue weighted by atomic mass is 32.2. The van der Waals surface area contributed by atoms with Crippen molar-refractivity contribution in [3.8, 4) is 11.3 Å². The third-order valence-electron chi connectivity index (χ3n) is 6.36.